The van der Waals surface area contributed by atoms with E-state index in [-0.39, 0.29) is 5.60 Å². The molecule has 0 amide bonds. The van der Waals surface area contributed by atoms with Gasteiger partial charge in [0, 0.05) is 37.6 Å². The Morgan fingerprint density at radius 3 is 2.47 bits per heavy atom. The lowest BCUT2D eigenvalue weighted by atomic mass is 10.1. The third-order valence-electron chi connectivity index (χ3n) is 3.00. The molecule has 1 atom stereocenters. The molecule has 1 aromatic rings. The van der Waals surface area contributed by atoms with Crippen molar-refractivity contribution in [3.8, 4) is 5.75 Å². The first-order chi connectivity index (χ1) is 9.20. The molecule has 0 aromatic heterocycles. The minimum Gasteiger partial charge on any atom is -0.494 e. The number of alkyl halides is 1. The number of methoxy groups -OCH3 is 1. The van der Waals surface area contributed by atoms with E-state index in [2.05, 4.69) is 29.5 Å². The normalized spacial score (nSPS) is 14.1. The van der Waals surface area contributed by atoms with E-state index in [9.17, 15) is 0 Å². The van der Waals surface area contributed by atoms with E-state index in [1.165, 1.54) is 0 Å². The van der Waals surface area contributed by atoms with E-state index in [1.54, 1.807) is 7.11 Å². The van der Waals surface area contributed by atoms with Crippen molar-refractivity contribution in [2.24, 2.45) is 0 Å². The molecule has 0 aliphatic rings. The molecule has 0 heterocycles. The van der Waals surface area contributed by atoms with Crippen LogP contribution in [0.2, 0.25) is 0 Å². The lowest BCUT2D eigenvalue weighted by Crippen LogP contribution is -2.30. The van der Waals surface area contributed by atoms with Crippen LogP contribution < -0.4 is 4.74 Å². The highest BCUT2D eigenvalue weighted by Crippen LogP contribution is 2.17. The van der Waals surface area contributed by atoms with Gasteiger partial charge in [0.25, 0.3) is 0 Å². The average molecular weight is 378 g/mol. The Labute approximate surface area is 129 Å². The summed E-state index contributed by atoms with van der Waals surface area (Å²) in [5.74, 6) is 0.916. The van der Waals surface area contributed by atoms with Gasteiger partial charge < -0.3 is 14.2 Å². The Bertz CT molecular complexity index is 325. The average Bonchev–Trinajstić information content (AvgIpc) is 2.47. The molecule has 0 saturated carbocycles. The first kappa shape index (κ1) is 16.7. The van der Waals surface area contributed by atoms with Crippen LogP contribution in [0.3, 0.4) is 0 Å². The Kier molecular flexibility index (Phi) is 8.41. The highest BCUT2D eigenvalue weighted by atomic mass is 127. The smallest absolute Gasteiger partial charge is 0.119 e. The predicted molar refractivity (Wildman–Crippen MR) is 86.3 cm³/mol. The molecule has 19 heavy (non-hydrogen) atoms. The maximum absolute atomic E-state index is 5.61. The molecule has 0 spiro atoms. The molecular formula is C15H23IO3. The van der Waals surface area contributed by atoms with Gasteiger partial charge in [-0.25, -0.2) is 0 Å². The summed E-state index contributed by atoms with van der Waals surface area (Å²) in [5, 5.41) is 0. The van der Waals surface area contributed by atoms with Crippen LogP contribution >= 0.6 is 22.6 Å². The number of hydrogen-bond acceptors (Lipinski definition) is 3. The maximum Gasteiger partial charge on any atom is 0.119 e. The maximum atomic E-state index is 5.61. The van der Waals surface area contributed by atoms with Crippen LogP contribution in [0.25, 0.3) is 0 Å². The van der Waals surface area contributed by atoms with E-state index >= 15 is 0 Å². The van der Waals surface area contributed by atoms with Crippen LogP contribution in [0.1, 0.15) is 19.8 Å². The molecule has 1 aromatic carbocycles. The zero-order valence-corrected chi connectivity index (χ0v) is 13.9. The number of benzene rings is 1. The third-order valence-corrected chi connectivity index (χ3v) is 4.61. The van der Waals surface area contributed by atoms with Crippen LogP contribution in [0.4, 0.5) is 0 Å². The van der Waals surface area contributed by atoms with Gasteiger partial charge in [0.2, 0.25) is 0 Å². The van der Waals surface area contributed by atoms with Crippen molar-refractivity contribution in [1.29, 1.82) is 0 Å². The van der Waals surface area contributed by atoms with Crippen molar-refractivity contribution < 1.29 is 14.2 Å². The first-order valence-corrected chi connectivity index (χ1v) is 8.09. The van der Waals surface area contributed by atoms with Crippen LogP contribution in [0.5, 0.6) is 5.75 Å². The standard InChI is InChI=1S/C15H23IO3/c1-15(13-16,17-2)9-12-18-10-6-11-19-14-7-4-3-5-8-14/h3-5,7-8H,6,9-13H2,1-2H3. The fourth-order valence-corrected chi connectivity index (χ4v) is 2.17. The van der Waals surface area contributed by atoms with Crippen molar-refractivity contribution in [2.45, 2.75) is 25.4 Å². The second-order valence-electron chi connectivity index (χ2n) is 4.67. The summed E-state index contributed by atoms with van der Waals surface area (Å²) < 4.78 is 17.6. The number of halogens is 1. The summed E-state index contributed by atoms with van der Waals surface area (Å²) in [5.41, 5.74) is -0.0684. The Morgan fingerprint density at radius 1 is 1.11 bits per heavy atom. The van der Waals surface area contributed by atoms with Gasteiger partial charge in [-0.3, -0.25) is 0 Å². The van der Waals surface area contributed by atoms with Crippen molar-refractivity contribution in [2.75, 3.05) is 31.4 Å². The lowest BCUT2D eigenvalue weighted by molar-refractivity contribution is -0.00519. The summed E-state index contributed by atoms with van der Waals surface area (Å²) in [6, 6.07) is 9.86. The molecule has 1 unspecified atom stereocenters. The van der Waals surface area contributed by atoms with Gasteiger partial charge in [-0.05, 0) is 19.1 Å². The fraction of sp³-hybridized carbons (Fsp3) is 0.600. The zero-order chi connectivity index (χ0) is 14.0. The summed E-state index contributed by atoms with van der Waals surface area (Å²) in [6.45, 7) is 4.27. The van der Waals surface area contributed by atoms with Gasteiger partial charge in [-0.1, -0.05) is 40.8 Å². The van der Waals surface area contributed by atoms with Crippen LogP contribution in [-0.2, 0) is 9.47 Å². The molecule has 0 bridgehead atoms. The summed E-state index contributed by atoms with van der Waals surface area (Å²) >= 11 is 2.35. The minimum atomic E-state index is -0.0684. The highest BCUT2D eigenvalue weighted by molar-refractivity contribution is 14.1. The largest absolute Gasteiger partial charge is 0.494 e. The summed E-state index contributed by atoms with van der Waals surface area (Å²) in [6.07, 6.45) is 1.83. The Morgan fingerprint density at radius 2 is 1.84 bits per heavy atom. The number of para-hydroxylation sites is 1. The van der Waals surface area contributed by atoms with Crippen LogP contribution in [0, 0.1) is 0 Å². The molecule has 1 rings (SSSR count). The molecule has 3 nitrogen and oxygen atoms in total. The van der Waals surface area contributed by atoms with Crippen molar-refractivity contribution in [1.82, 2.24) is 0 Å². The molecule has 0 aliphatic heterocycles. The van der Waals surface area contributed by atoms with Gasteiger partial charge in [0.1, 0.15) is 5.75 Å². The molecule has 0 N–H and O–H groups in total. The monoisotopic (exact) mass is 378 g/mol. The van der Waals surface area contributed by atoms with E-state index in [0.717, 1.165) is 36.2 Å². The molecular weight excluding hydrogens is 355 g/mol. The topological polar surface area (TPSA) is 27.7 Å². The van der Waals surface area contributed by atoms with E-state index in [0.29, 0.717) is 6.61 Å². The van der Waals surface area contributed by atoms with E-state index in [4.69, 9.17) is 14.2 Å². The van der Waals surface area contributed by atoms with Crippen molar-refractivity contribution in [3.05, 3.63) is 30.3 Å². The minimum absolute atomic E-state index is 0.0684. The second-order valence-corrected chi connectivity index (χ2v) is 5.43. The van der Waals surface area contributed by atoms with Crippen LogP contribution in [0.15, 0.2) is 30.3 Å². The first-order valence-electron chi connectivity index (χ1n) is 6.57. The predicted octanol–water partition coefficient (Wildman–Crippen LogP) is 3.70. The molecule has 4 heteroatoms. The Balaban J connectivity index is 2.00. The Hall–Kier alpha value is -0.330. The molecule has 0 aliphatic carbocycles. The highest BCUT2D eigenvalue weighted by Gasteiger charge is 2.21. The number of hydrogen-bond donors (Lipinski definition) is 0. The summed E-state index contributed by atoms with van der Waals surface area (Å²) in [4.78, 5) is 0. The lowest BCUT2D eigenvalue weighted by Gasteiger charge is -2.25. The van der Waals surface area contributed by atoms with Gasteiger partial charge >= 0.3 is 0 Å². The number of ether oxygens (including phenoxy) is 3. The van der Waals surface area contributed by atoms with Crippen molar-refractivity contribution in [3.63, 3.8) is 0 Å². The van der Waals surface area contributed by atoms with Gasteiger partial charge in [-0.2, -0.15) is 0 Å². The number of rotatable bonds is 10. The second kappa shape index (κ2) is 9.55. The quantitative estimate of drug-likeness (QED) is 0.353. The molecule has 0 saturated heterocycles. The molecule has 0 radical (unpaired) electrons. The van der Waals surface area contributed by atoms with Gasteiger partial charge in [0.15, 0.2) is 0 Å². The van der Waals surface area contributed by atoms with Crippen molar-refractivity contribution >= 4 is 22.6 Å². The SMILES string of the molecule is COC(C)(CI)CCOCCCOc1ccccc1. The summed E-state index contributed by atoms with van der Waals surface area (Å²) in [7, 11) is 1.76. The van der Waals surface area contributed by atoms with E-state index in [1.807, 2.05) is 30.3 Å². The molecule has 108 valence electrons. The third kappa shape index (κ3) is 7.13. The van der Waals surface area contributed by atoms with E-state index < -0.39 is 0 Å². The van der Waals surface area contributed by atoms with Gasteiger partial charge in [0.05, 0.1) is 12.2 Å². The fourth-order valence-electron chi connectivity index (χ4n) is 1.48. The van der Waals surface area contributed by atoms with Gasteiger partial charge in [-0.15, -0.1) is 0 Å². The molecule has 0 fully saturated rings. The zero-order valence-electron chi connectivity index (χ0n) is 11.7. The van der Waals surface area contributed by atoms with Crippen LogP contribution in [-0.4, -0.2) is 37.0 Å².